The smallest absolute Gasteiger partial charge is 0.220 e. The molecule has 0 radical (unpaired) electrons. The topological polar surface area (TPSA) is 78.0 Å². The second kappa shape index (κ2) is 20.6. The van der Waals surface area contributed by atoms with E-state index in [2.05, 4.69) is 17.6 Å². The van der Waals surface area contributed by atoms with Gasteiger partial charge in [-0.2, -0.15) is 0 Å². The summed E-state index contributed by atoms with van der Waals surface area (Å²) in [4.78, 5) is 11.6. The first-order chi connectivity index (χ1) is 12.7. The summed E-state index contributed by atoms with van der Waals surface area (Å²) < 4.78 is 21.8. The first kappa shape index (κ1) is 25.3. The number of carbonyl (C=O) groups is 1. The molecule has 0 aliphatic rings. The van der Waals surface area contributed by atoms with Crippen molar-refractivity contribution in [1.29, 1.82) is 0 Å². The van der Waals surface area contributed by atoms with Crippen molar-refractivity contribution < 1.29 is 26.6 Å². The molecule has 0 saturated heterocycles. The average molecular weight is 381 g/mol. The Morgan fingerprint density at radius 1 is 0.846 bits per heavy atom. The maximum Gasteiger partial charge on any atom is 0.220 e. The van der Waals surface area contributed by atoms with E-state index in [0.29, 0.717) is 52.6 Å². The predicted octanol–water partition coefficient (Wildman–Crippen LogP) is 2.24. The SMILES string of the molecule is CCNCCCOCCOCCOCCCNC(=O)CCCOC(C)C.[HH].[HH]. The van der Waals surface area contributed by atoms with Crippen molar-refractivity contribution in [1.82, 2.24) is 10.6 Å². The van der Waals surface area contributed by atoms with E-state index >= 15 is 0 Å². The summed E-state index contributed by atoms with van der Waals surface area (Å²) >= 11 is 0. The van der Waals surface area contributed by atoms with Crippen LogP contribution < -0.4 is 10.6 Å². The summed E-state index contributed by atoms with van der Waals surface area (Å²) in [7, 11) is 0. The van der Waals surface area contributed by atoms with Crippen molar-refractivity contribution in [2.75, 3.05) is 65.9 Å². The Balaban J connectivity index is -0.00000312. The monoisotopic (exact) mass is 380 g/mol. The first-order valence-electron chi connectivity index (χ1n) is 9.99. The van der Waals surface area contributed by atoms with Crippen LogP contribution in [0.15, 0.2) is 0 Å². The summed E-state index contributed by atoms with van der Waals surface area (Å²) in [5.41, 5.74) is 0. The Morgan fingerprint density at radius 2 is 1.42 bits per heavy atom. The Morgan fingerprint density at radius 3 is 2.00 bits per heavy atom. The molecule has 0 heterocycles. The molecule has 0 aromatic heterocycles. The quantitative estimate of drug-likeness (QED) is 0.315. The number of nitrogens with one attached hydrogen (secondary N) is 2. The minimum atomic E-state index is 0. The van der Waals surface area contributed by atoms with Crippen LogP contribution in [0, 0.1) is 0 Å². The molecular formula is C19H44N2O5. The average Bonchev–Trinajstić information content (AvgIpc) is 2.62. The largest absolute Gasteiger partial charge is 0.379 e. The summed E-state index contributed by atoms with van der Waals surface area (Å²) in [5, 5.41) is 6.14. The second-order valence-corrected chi connectivity index (χ2v) is 6.27. The van der Waals surface area contributed by atoms with Crippen LogP contribution in [0.2, 0.25) is 0 Å². The van der Waals surface area contributed by atoms with Gasteiger partial charge in [-0.25, -0.2) is 0 Å². The minimum Gasteiger partial charge on any atom is -0.379 e. The van der Waals surface area contributed by atoms with Gasteiger partial charge in [-0.1, -0.05) is 6.92 Å². The van der Waals surface area contributed by atoms with Gasteiger partial charge in [0.05, 0.1) is 32.5 Å². The molecule has 0 unspecified atom stereocenters. The third-order valence-electron chi connectivity index (χ3n) is 3.42. The highest BCUT2D eigenvalue weighted by Gasteiger charge is 2.01. The van der Waals surface area contributed by atoms with Crippen LogP contribution in [0.4, 0.5) is 0 Å². The van der Waals surface area contributed by atoms with Crippen molar-refractivity contribution in [3.63, 3.8) is 0 Å². The van der Waals surface area contributed by atoms with Gasteiger partial charge in [0.25, 0.3) is 0 Å². The van der Waals surface area contributed by atoms with Gasteiger partial charge in [0.2, 0.25) is 5.91 Å². The highest BCUT2D eigenvalue weighted by Crippen LogP contribution is 1.94. The zero-order chi connectivity index (χ0) is 19.3. The van der Waals surface area contributed by atoms with Gasteiger partial charge in [0.1, 0.15) is 0 Å². The normalized spacial score (nSPS) is 11.2. The summed E-state index contributed by atoms with van der Waals surface area (Å²) in [6.45, 7) is 13.1. The lowest BCUT2D eigenvalue weighted by atomic mass is 10.3. The maximum atomic E-state index is 11.6. The van der Waals surface area contributed by atoms with E-state index in [4.69, 9.17) is 18.9 Å². The van der Waals surface area contributed by atoms with E-state index in [1.54, 1.807) is 0 Å². The second-order valence-electron chi connectivity index (χ2n) is 6.27. The molecule has 0 aliphatic carbocycles. The van der Waals surface area contributed by atoms with Crippen LogP contribution in [0.3, 0.4) is 0 Å². The van der Waals surface area contributed by atoms with Crippen molar-refractivity contribution in [3.05, 3.63) is 0 Å². The zero-order valence-electron chi connectivity index (χ0n) is 17.0. The Bertz CT molecular complexity index is 314. The predicted molar refractivity (Wildman–Crippen MR) is 108 cm³/mol. The zero-order valence-corrected chi connectivity index (χ0v) is 17.0. The van der Waals surface area contributed by atoms with E-state index in [0.717, 1.165) is 39.0 Å². The fourth-order valence-electron chi connectivity index (χ4n) is 2.06. The van der Waals surface area contributed by atoms with E-state index < -0.39 is 0 Å². The van der Waals surface area contributed by atoms with Gasteiger partial charge in [0.15, 0.2) is 0 Å². The standard InChI is InChI=1S/C19H40N2O5.2H2/c1-4-20-9-6-11-23-14-16-25-17-15-24-12-7-10-21-19(22)8-5-13-26-18(2)3;;/h18,20H,4-17H2,1-3H3,(H,21,22);2*1H. The molecule has 0 saturated carbocycles. The lowest BCUT2D eigenvalue weighted by molar-refractivity contribution is -0.121. The Hall–Kier alpha value is -0.730. The third kappa shape index (κ3) is 21.3. The van der Waals surface area contributed by atoms with E-state index in [9.17, 15) is 4.79 Å². The Labute approximate surface area is 162 Å². The highest BCUT2D eigenvalue weighted by molar-refractivity contribution is 5.75. The van der Waals surface area contributed by atoms with Crippen LogP contribution >= 0.6 is 0 Å². The number of hydrogen-bond donors (Lipinski definition) is 2. The highest BCUT2D eigenvalue weighted by atomic mass is 16.5. The molecule has 0 aromatic rings. The van der Waals surface area contributed by atoms with Crippen molar-refractivity contribution >= 4 is 5.91 Å². The molecule has 0 spiro atoms. The fourth-order valence-corrected chi connectivity index (χ4v) is 2.06. The van der Waals surface area contributed by atoms with E-state index in [1.165, 1.54) is 0 Å². The molecule has 0 atom stereocenters. The van der Waals surface area contributed by atoms with Gasteiger partial charge in [-0.3, -0.25) is 4.79 Å². The number of amides is 1. The van der Waals surface area contributed by atoms with Crippen LogP contribution in [-0.2, 0) is 23.7 Å². The molecular weight excluding hydrogens is 336 g/mol. The molecule has 26 heavy (non-hydrogen) atoms. The molecule has 0 bridgehead atoms. The molecule has 2 N–H and O–H groups in total. The molecule has 160 valence electrons. The van der Waals surface area contributed by atoms with Gasteiger partial charge < -0.3 is 29.6 Å². The molecule has 0 rings (SSSR count). The number of hydrogen-bond acceptors (Lipinski definition) is 6. The van der Waals surface area contributed by atoms with Crippen LogP contribution in [0.5, 0.6) is 0 Å². The molecule has 7 nitrogen and oxygen atoms in total. The van der Waals surface area contributed by atoms with Crippen LogP contribution in [-0.4, -0.2) is 77.9 Å². The lowest BCUT2D eigenvalue weighted by Crippen LogP contribution is -2.25. The maximum absolute atomic E-state index is 11.6. The number of ether oxygens (including phenoxy) is 4. The number of carbonyl (C=O) groups excluding carboxylic acids is 1. The van der Waals surface area contributed by atoms with E-state index in [1.807, 2.05) is 13.8 Å². The van der Waals surface area contributed by atoms with Crippen LogP contribution in [0.25, 0.3) is 0 Å². The molecule has 0 fully saturated rings. The molecule has 0 aliphatic heterocycles. The molecule has 1 amide bonds. The molecule has 0 aromatic carbocycles. The van der Waals surface area contributed by atoms with Crippen molar-refractivity contribution in [3.8, 4) is 0 Å². The van der Waals surface area contributed by atoms with Crippen LogP contribution in [0.1, 0.15) is 49.3 Å². The molecule has 7 heteroatoms. The van der Waals surface area contributed by atoms with Gasteiger partial charge >= 0.3 is 0 Å². The fraction of sp³-hybridized carbons (Fsp3) is 0.947. The minimum absolute atomic E-state index is 0. The van der Waals surface area contributed by atoms with Crippen molar-refractivity contribution in [2.24, 2.45) is 0 Å². The number of rotatable bonds is 20. The van der Waals surface area contributed by atoms with Crippen molar-refractivity contribution in [2.45, 2.75) is 52.6 Å². The summed E-state index contributed by atoms with van der Waals surface area (Å²) in [6.07, 6.45) is 3.33. The van der Waals surface area contributed by atoms with Gasteiger partial charge in [-0.15, -0.1) is 0 Å². The summed E-state index contributed by atoms with van der Waals surface area (Å²) in [6, 6.07) is 0. The van der Waals surface area contributed by atoms with Gasteiger partial charge in [0, 0.05) is 35.6 Å². The lowest BCUT2D eigenvalue weighted by Gasteiger charge is -2.08. The Kier molecular flexibility index (Phi) is 20.0. The van der Waals surface area contributed by atoms with Gasteiger partial charge in [-0.05, 0) is 46.2 Å². The third-order valence-corrected chi connectivity index (χ3v) is 3.42. The summed E-state index contributed by atoms with van der Waals surface area (Å²) in [5.74, 6) is 0.0752. The van der Waals surface area contributed by atoms with E-state index in [-0.39, 0.29) is 14.9 Å². The first-order valence-corrected chi connectivity index (χ1v) is 9.99.